The Balaban J connectivity index is 0.000000704. The van der Waals surface area contributed by atoms with Crippen molar-refractivity contribution < 1.29 is 29.9 Å². The molecule has 0 bridgehead atoms. The SMILES string of the molecule is CC.Oc1cc2c(cc1O)Oc1cc(O)c(O)cc1O2. The predicted octanol–water partition coefficient (Wildman–Crippen LogP) is 3.43. The third-order valence-electron chi connectivity index (χ3n) is 2.52. The Morgan fingerprint density at radius 1 is 0.550 bits per heavy atom. The van der Waals surface area contributed by atoms with Gasteiger partial charge < -0.3 is 29.9 Å². The molecule has 106 valence electrons. The topological polar surface area (TPSA) is 99.4 Å². The van der Waals surface area contributed by atoms with Crippen LogP contribution < -0.4 is 9.47 Å². The molecule has 0 aliphatic carbocycles. The molecule has 1 heterocycles. The number of hydrogen-bond acceptors (Lipinski definition) is 6. The minimum atomic E-state index is -0.344. The maximum absolute atomic E-state index is 9.35. The Morgan fingerprint density at radius 3 is 0.950 bits per heavy atom. The first-order chi connectivity index (χ1) is 9.54. The lowest BCUT2D eigenvalue weighted by molar-refractivity contribution is 0.337. The molecule has 0 saturated carbocycles. The zero-order chi connectivity index (χ0) is 14.9. The summed E-state index contributed by atoms with van der Waals surface area (Å²) in [4.78, 5) is 0. The van der Waals surface area contributed by atoms with Gasteiger partial charge >= 0.3 is 0 Å². The lowest BCUT2D eigenvalue weighted by Crippen LogP contribution is -1.98. The summed E-state index contributed by atoms with van der Waals surface area (Å²) in [7, 11) is 0. The summed E-state index contributed by atoms with van der Waals surface area (Å²) in [6.45, 7) is 4.00. The van der Waals surface area contributed by atoms with Crippen LogP contribution in [-0.2, 0) is 0 Å². The van der Waals surface area contributed by atoms with E-state index in [4.69, 9.17) is 9.47 Å². The normalized spacial score (nSPS) is 11.1. The Morgan fingerprint density at radius 2 is 0.750 bits per heavy atom. The van der Waals surface area contributed by atoms with Crippen LogP contribution in [0.4, 0.5) is 0 Å². The van der Waals surface area contributed by atoms with Crippen molar-refractivity contribution in [2.24, 2.45) is 0 Å². The molecular weight excluding hydrogens is 264 g/mol. The molecule has 0 saturated heterocycles. The molecule has 1 aliphatic rings. The Hall–Kier alpha value is -2.76. The summed E-state index contributed by atoms with van der Waals surface area (Å²) in [5.41, 5.74) is 0. The molecule has 2 aromatic rings. The van der Waals surface area contributed by atoms with Crippen molar-refractivity contribution in [2.45, 2.75) is 13.8 Å². The van der Waals surface area contributed by atoms with Crippen molar-refractivity contribution in [3.63, 3.8) is 0 Å². The number of phenols is 4. The van der Waals surface area contributed by atoms with Gasteiger partial charge in [0.2, 0.25) is 0 Å². The van der Waals surface area contributed by atoms with Crippen molar-refractivity contribution in [1.29, 1.82) is 0 Å². The summed E-state index contributed by atoms with van der Waals surface area (Å²) >= 11 is 0. The van der Waals surface area contributed by atoms with E-state index < -0.39 is 0 Å². The lowest BCUT2D eigenvalue weighted by atomic mass is 10.2. The summed E-state index contributed by atoms with van der Waals surface area (Å²) < 4.78 is 10.8. The summed E-state index contributed by atoms with van der Waals surface area (Å²) in [6.07, 6.45) is 0. The van der Waals surface area contributed by atoms with Gasteiger partial charge in [-0.05, 0) is 0 Å². The van der Waals surface area contributed by atoms with Gasteiger partial charge in [-0.25, -0.2) is 0 Å². The zero-order valence-corrected chi connectivity index (χ0v) is 10.9. The number of fused-ring (bicyclic) bond motifs is 2. The van der Waals surface area contributed by atoms with Gasteiger partial charge in [0.25, 0.3) is 0 Å². The van der Waals surface area contributed by atoms with Crippen molar-refractivity contribution in [2.75, 3.05) is 0 Å². The van der Waals surface area contributed by atoms with E-state index >= 15 is 0 Å². The first kappa shape index (κ1) is 13.7. The number of phenolic OH excluding ortho intramolecular Hbond substituents is 4. The van der Waals surface area contributed by atoms with Crippen LogP contribution in [0.3, 0.4) is 0 Å². The predicted molar refractivity (Wildman–Crippen MR) is 71.0 cm³/mol. The Kier molecular flexibility index (Phi) is 3.47. The first-order valence-electron chi connectivity index (χ1n) is 6.02. The molecule has 6 heteroatoms. The maximum atomic E-state index is 9.35. The lowest BCUT2D eigenvalue weighted by Gasteiger charge is -2.21. The molecule has 6 nitrogen and oxygen atoms in total. The van der Waals surface area contributed by atoms with E-state index in [0.29, 0.717) is 0 Å². The van der Waals surface area contributed by atoms with Crippen LogP contribution in [0, 0.1) is 0 Å². The zero-order valence-electron chi connectivity index (χ0n) is 10.9. The second-order valence-corrected chi connectivity index (χ2v) is 3.78. The highest BCUT2D eigenvalue weighted by Crippen LogP contribution is 2.51. The fourth-order valence-corrected chi connectivity index (χ4v) is 1.63. The van der Waals surface area contributed by atoms with E-state index in [9.17, 15) is 20.4 Å². The molecule has 0 radical (unpaired) electrons. The number of rotatable bonds is 0. The monoisotopic (exact) mass is 278 g/mol. The minimum absolute atomic E-state index is 0.197. The molecule has 3 rings (SSSR count). The van der Waals surface area contributed by atoms with E-state index in [1.165, 1.54) is 24.3 Å². The molecule has 2 aromatic carbocycles. The van der Waals surface area contributed by atoms with Crippen LogP contribution in [-0.4, -0.2) is 20.4 Å². The molecule has 20 heavy (non-hydrogen) atoms. The fraction of sp³-hybridized carbons (Fsp3) is 0.143. The summed E-state index contributed by atoms with van der Waals surface area (Å²) in [6, 6.07) is 4.77. The highest BCUT2D eigenvalue weighted by molar-refractivity contribution is 5.62. The number of benzene rings is 2. The third-order valence-corrected chi connectivity index (χ3v) is 2.52. The minimum Gasteiger partial charge on any atom is -0.504 e. The molecule has 0 amide bonds. The molecule has 0 fully saturated rings. The number of ether oxygens (including phenoxy) is 2. The van der Waals surface area contributed by atoms with E-state index in [0.717, 1.165) is 0 Å². The van der Waals surface area contributed by atoms with Gasteiger partial charge in [-0.15, -0.1) is 0 Å². The smallest absolute Gasteiger partial charge is 0.174 e. The van der Waals surface area contributed by atoms with Crippen LogP contribution in [0.15, 0.2) is 24.3 Å². The van der Waals surface area contributed by atoms with Gasteiger partial charge in [0, 0.05) is 24.3 Å². The average molecular weight is 278 g/mol. The van der Waals surface area contributed by atoms with Crippen LogP contribution in [0.2, 0.25) is 0 Å². The van der Waals surface area contributed by atoms with E-state index in [-0.39, 0.29) is 46.0 Å². The second-order valence-electron chi connectivity index (χ2n) is 3.78. The molecule has 0 spiro atoms. The van der Waals surface area contributed by atoms with Crippen molar-refractivity contribution in [3.05, 3.63) is 24.3 Å². The van der Waals surface area contributed by atoms with Gasteiger partial charge in [-0.3, -0.25) is 0 Å². The number of aromatic hydroxyl groups is 4. The Labute approximate surface area is 115 Å². The molecule has 0 atom stereocenters. The second kappa shape index (κ2) is 5.08. The van der Waals surface area contributed by atoms with Crippen LogP contribution in [0.25, 0.3) is 0 Å². The van der Waals surface area contributed by atoms with Crippen LogP contribution in [0.5, 0.6) is 46.0 Å². The van der Waals surface area contributed by atoms with E-state index in [1.807, 2.05) is 13.8 Å². The highest BCUT2D eigenvalue weighted by Gasteiger charge is 2.22. The molecule has 1 aliphatic heterocycles. The van der Waals surface area contributed by atoms with Gasteiger partial charge in [0.1, 0.15) is 0 Å². The highest BCUT2D eigenvalue weighted by atomic mass is 16.6. The molecule has 0 aromatic heterocycles. The standard InChI is InChI=1S/C12H8O6.C2H6/c13-5-1-9-10(2-6(5)14)18-12-4-8(16)7(15)3-11(12)17-9;1-2/h1-4,13-16H;1-2H3. The van der Waals surface area contributed by atoms with Crippen LogP contribution in [0.1, 0.15) is 13.8 Å². The quantitative estimate of drug-likeness (QED) is 0.470. The van der Waals surface area contributed by atoms with Crippen molar-refractivity contribution in [3.8, 4) is 46.0 Å². The summed E-state index contributed by atoms with van der Waals surface area (Å²) in [5.74, 6) is -0.586. The van der Waals surface area contributed by atoms with Crippen LogP contribution >= 0.6 is 0 Å². The summed E-state index contributed by atoms with van der Waals surface area (Å²) in [5, 5.41) is 37.4. The van der Waals surface area contributed by atoms with Gasteiger partial charge in [-0.2, -0.15) is 0 Å². The maximum Gasteiger partial charge on any atom is 0.174 e. The van der Waals surface area contributed by atoms with Gasteiger partial charge in [0.15, 0.2) is 46.0 Å². The van der Waals surface area contributed by atoms with Gasteiger partial charge in [-0.1, -0.05) is 13.8 Å². The molecular formula is C14H14O6. The fourth-order valence-electron chi connectivity index (χ4n) is 1.63. The Bertz CT molecular complexity index is 539. The average Bonchev–Trinajstić information content (AvgIpc) is 2.42. The first-order valence-corrected chi connectivity index (χ1v) is 6.02. The largest absolute Gasteiger partial charge is 0.504 e. The van der Waals surface area contributed by atoms with E-state index in [1.54, 1.807) is 0 Å². The van der Waals surface area contributed by atoms with Crippen molar-refractivity contribution >= 4 is 0 Å². The molecule has 0 unspecified atom stereocenters. The van der Waals surface area contributed by atoms with Gasteiger partial charge in [0.05, 0.1) is 0 Å². The third kappa shape index (κ3) is 2.23. The molecule has 4 N–H and O–H groups in total. The van der Waals surface area contributed by atoms with E-state index in [2.05, 4.69) is 0 Å². The van der Waals surface area contributed by atoms with Crippen molar-refractivity contribution in [1.82, 2.24) is 0 Å². The number of hydrogen-bond donors (Lipinski definition) is 4.